The highest BCUT2D eigenvalue weighted by atomic mass is 16.1. The molecule has 27 heavy (non-hydrogen) atoms. The molecule has 0 aliphatic heterocycles. The van der Waals surface area contributed by atoms with E-state index in [1.165, 1.54) is 13.0 Å². The first-order valence-electron chi connectivity index (χ1n) is 8.65. The van der Waals surface area contributed by atoms with Crippen molar-refractivity contribution in [3.8, 4) is 5.69 Å². The summed E-state index contributed by atoms with van der Waals surface area (Å²) in [6.07, 6.45) is 3.09. The van der Waals surface area contributed by atoms with Crippen molar-refractivity contribution in [2.45, 2.75) is 20.8 Å². The van der Waals surface area contributed by atoms with Crippen molar-refractivity contribution in [1.29, 1.82) is 0 Å². The highest BCUT2D eigenvalue weighted by Crippen LogP contribution is 2.23. The Morgan fingerprint density at radius 3 is 2.30 bits per heavy atom. The van der Waals surface area contributed by atoms with Crippen LogP contribution in [-0.2, 0) is 4.79 Å². The van der Waals surface area contributed by atoms with E-state index in [1.54, 1.807) is 30.0 Å². The van der Waals surface area contributed by atoms with Crippen LogP contribution in [0.25, 0.3) is 5.69 Å². The lowest BCUT2D eigenvalue weighted by Crippen LogP contribution is -2.12. The second-order valence-electron chi connectivity index (χ2n) is 6.41. The quantitative estimate of drug-likeness (QED) is 0.526. The Morgan fingerprint density at radius 2 is 1.67 bits per heavy atom. The molecule has 0 aliphatic rings. The van der Waals surface area contributed by atoms with Gasteiger partial charge in [0.25, 0.3) is 0 Å². The summed E-state index contributed by atoms with van der Waals surface area (Å²) >= 11 is 0. The molecule has 0 aliphatic carbocycles. The maximum absolute atomic E-state index is 13.2. The Morgan fingerprint density at radius 1 is 1.00 bits per heavy atom. The normalized spacial score (nSPS) is 11.3. The van der Waals surface area contributed by atoms with E-state index >= 15 is 0 Å². The van der Waals surface area contributed by atoms with Crippen molar-refractivity contribution in [3.63, 3.8) is 0 Å². The molecule has 0 bridgehead atoms. The molecule has 0 amide bonds. The van der Waals surface area contributed by atoms with Gasteiger partial charge in [-0.05, 0) is 39.0 Å². The van der Waals surface area contributed by atoms with E-state index in [2.05, 4.69) is 10.3 Å². The number of carbonyl (C=O) groups excluding carboxylic acids is 2. The number of allylic oxidation sites excluding steroid dienone is 2. The molecule has 0 saturated heterocycles. The van der Waals surface area contributed by atoms with Crippen molar-refractivity contribution < 1.29 is 9.59 Å². The van der Waals surface area contributed by atoms with Gasteiger partial charge in [0.1, 0.15) is 12.0 Å². The summed E-state index contributed by atoms with van der Waals surface area (Å²) in [6, 6.07) is 16.9. The zero-order valence-electron chi connectivity index (χ0n) is 15.6. The van der Waals surface area contributed by atoms with Crippen LogP contribution in [0.15, 0.2) is 72.7 Å². The van der Waals surface area contributed by atoms with Crippen LogP contribution < -0.4 is 5.32 Å². The number of imidazole rings is 1. The Labute approximate surface area is 158 Å². The lowest BCUT2D eigenvalue weighted by molar-refractivity contribution is -0.112. The van der Waals surface area contributed by atoms with E-state index in [0.717, 1.165) is 11.3 Å². The number of nitrogens with zero attached hydrogens (tertiary/aromatic N) is 2. The zero-order chi connectivity index (χ0) is 19.4. The summed E-state index contributed by atoms with van der Waals surface area (Å²) in [5.41, 5.74) is 3.59. The van der Waals surface area contributed by atoms with Crippen molar-refractivity contribution in [2.75, 3.05) is 5.32 Å². The molecule has 1 heterocycles. The molecule has 0 fully saturated rings. The Hall–Kier alpha value is -3.47. The molecular formula is C22H21N3O2. The zero-order valence-corrected chi connectivity index (χ0v) is 15.6. The number of ketones is 2. The largest absolute Gasteiger partial charge is 0.342 e. The van der Waals surface area contributed by atoms with Crippen LogP contribution in [0.1, 0.15) is 35.5 Å². The lowest BCUT2D eigenvalue weighted by atomic mass is 10.1. The van der Waals surface area contributed by atoms with Crippen molar-refractivity contribution >= 4 is 17.4 Å². The molecule has 3 rings (SSSR count). The van der Waals surface area contributed by atoms with Gasteiger partial charge in [0.15, 0.2) is 11.6 Å². The number of aromatic nitrogens is 2. The maximum atomic E-state index is 13.2. The highest BCUT2D eigenvalue weighted by molar-refractivity contribution is 6.11. The lowest BCUT2D eigenvalue weighted by Gasteiger charge is -2.11. The molecule has 1 aromatic heterocycles. The van der Waals surface area contributed by atoms with Crippen molar-refractivity contribution in [3.05, 3.63) is 89.5 Å². The van der Waals surface area contributed by atoms with Gasteiger partial charge in [0.05, 0.1) is 0 Å². The smallest absolute Gasteiger partial charge is 0.213 e. The molecule has 0 saturated carbocycles. The summed E-state index contributed by atoms with van der Waals surface area (Å²) in [5, 5.41) is 3.08. The predicted molar refractivity (Wildman–Crippen MR) is 106 cm³/mol. The van der Waals surface area contributed by atoms with Crippen molar-refractivity contribution in [2.24, 2.45) is 0 Å². The fourth-order valence-corrected chi connectivity index (χ4v) is 2.81. The van der Waals surface area contributed by atoms with Gasteiger partial charge < -0.3 is 5.32 Å². The minimum Gasteiger partial charge on any atom is -0.342 e. The Bertz CT molecular complexity index is 1000. The number of carbonyl (C=O) groups is 2. The number of hydrogen-bond acceptors (Lipinski definition) is 4. The highest BCUT2D eigenvalue weighted by Gasteiger charge is 2.21. The molecule has 0 unspecified atom stereocenters. The van der Waals surface area contributed by atoms with E-state index in [0.29, 0.717) is 22.8 Å². The van der Waals surface area contributed by atoms with Crippen LogP contribution in [-0.4, -0.2) is 21.1 Å². The molecule has 3 aromatic rings. The predicted octanol–water partition coefficient (Wildman–Crippen LogP) is 4.32. The van der Waals surface area contributed by atoms with Crippen LogP contribution in [0, 0.1) is 6.92 Å². The van der Waals surface area contributed by atoms with Crippen molar-refractivity contribution in [1.82, 2.24) is 9.55 Å². The van der Waals surface area contributed by atoms with Gasteiger partial charge in [0, 0.05) is 16.9 Å². The van der Waals surface area contributed by atoms with E-state index in [1.807, 2.05) is 49.4 Å². The molecule has 136 valence electrons. The minimum absolute atomic E-state index is 0.0751. The van der Waals surface area contributed by atoms with Gasteiger partial charge in [-0.25, -0.2) is 4.98 Å². The van der Waals surface area contributed by atoms with Gasteiger partial charge in [-0.15, -0.1) is 0 Å². The Kier molecular flexibility index (Phi) is 5.31. The Balaban J connectivity index is 2.10. The van der Waals surface area contributed by atoms with Crippen LogP contribution >= 0.6 is 0 Å². The number of benzene rings is 2. The molecular weight excluding hydrogens is 338 g/mol. The molecule has 5 nitrogen and oxygen atoms in total. The second-order valence-corrected chi connectivity index (χ2v) is 6.41. The van der Waals surface area contributed by atoms with Gasteiger partial charge >= 0.3 is 0 Å². The number of anilines is 1. The van der Waals surface area contributed by atoms with E-state index in [4.69, 9.17) is 0 Å². The molecule has 0 spiro atoms. The van der Waals surface area contributed by atoms with E-state index in [9.17, 15) is 9.59 Å². The van der Waals surface area contributed by atoms with Gasteiger partial charge in [0.2, 0.25) is 5.78 Å². The van der Waals surface area contributed by atoms with Crippen LogP contribution in [0.4, 0.5) is 5.82 Å². The molecule has 5 heteroatoms. The SMILES string of the molecule is CC(=O)/C=C(\C)Nc1ncn(-c2ccc(C)cc2)c1C(=O)c1ccccc1. The summed E-state index contributed by atoms with van der Waals surface area (Å²) in [7, 11) is 0. The number of rotatable bonds is 6. The third-order valence-corrected chi connectivity index (χ3v) is 4.07. The number of nitrogens with one attached hydrogen (secondary N) is 1. The third kappa shape index (κ3) is 4.20. The summed E-state index contributed by atoms with van der Waals surface area (Å²) in [4.78, 5) is 28.9. The first-order chi connectivity index (χ1) is 13.0. The maximum Gasteiger partial charge on any atom is 0.213 e. The number of aryl methyl sites for hydroxylation is 1. The van der Waals surface area contributed by atoms with E-state index in [-0.39, 0.29) is 11.6 Å². The molecule has 1 N–H and O–H groups in total. The summed E-state index contributed by atoms with van der Waals surface area (Å²) < 4.78 is 1.76. The van der Waals surface area contributed by atoms with Crippen LogP contribution in [0.5, 0.6) is 0 Å². The summed E-state index contributed by atoms with van der Waals surface area (Å²) in [6.45, 7) is 5.26. The topological polar surface area (TPSA) is 64.0 Å². The summed E-state index contributed by atoms with van der Waals surface area (Å²) in [5.74, 6) is 0.195. The fraction of sp³-hybridized carbons (Fsp3) is 0.136. The van der Waals surface area contributed by atoms with Gasteiger partial charge in [-0.3, -0.25) is 14.2 Å². The second kappa shape index (κ2) is 7.83. The minimum atomic E-state index is -0.146. The monoisotopic (exact) mass is 359 g/mol. The van der Waals surface area contributed by atoms with E-state index < -0.39 is 0 Å². The van der Waals surface area contributed by atoms with Crippen LogP contribution in [0.3, 0.4) is 0 Å². The van der Waals surface area contributed by atoms with Crippen LogP contribution in [0.2, 0.25) is 0 Å². The fourth-order valence-electron chi connectivity index (χ4n) is 2.81. The van der Waals surface area contributed by atoms with Gasteiger partial charge in [-0.1, -0.05) is 48.0 Å². The first-order valence-corrected chi connectivity index (χ1v) is 8.65. The molecule has 0 atom stereocenters. The average molecular weight is 359 g/mol. The first kappa shape index (κ1) is 18.3. The molecule has 0 radical (unpaired) electrons. The number of hydrogen-bond donors (Lipinski definition) is 1. The third-order valence-electron chi connectivity index (χ3n) is 4.07. The van der Waals surface area contributed by atoms with Gasteiger partial charge in [-0.2, -0.15) is 0 Å². The molecule has 2 aromatic carbocycles. The average Bonchev–Trinajstić information content (AvgIpc) is 3.05. The standard InChI is InChI=1S/C22H21N3O2/c1-15-9-11-19(12-10-15)25-14-23-22(24-16(2)13-17(3)26)20(25)21(27)18-7-5-4-6-8-18/h4-14,24H,1-3H3/b16-13+.